The van der Waals surface area contributed by atoms with Crippen LogP contribution in [0.3, 0.4) is 0 Å². The molecular weight excluding hydrogens is 294 g/mol. The molecule has 0 saturated carbocycles. The van der Waals surface area contributed by atoms with Gasteiger partial charge in [-0.05, 0) is 51.9 Å². The van der Waals surface area contributed by atoms with E-state index in [4.69, 9.17) is 0 Å². The fraction of sp³-hybridized carbons (Fsp3) is 0. The number of carbonyl (C=O) groups is 1. The van der Waals surface area contributed by atoms with Crippen molar-refractivity contribution in [2.24, 2.45) is 0 Å². The van der Waals surface area contributed by atoms with Gasteiger partial charge < -0.3 is 0 Å². The van der Waals surface area contributed by atoms with Crippen molar-refractivity contribution >= 4 is 33.4 Å². The summed E-state index contributed by atoms with van der Waals surface area (Å²) in [5.74, 6) is -0.00588. The van der Waals surface area contributed by atoms with Crippen LogP contribution in [-0.2, 0) is 0 Å². The van der Waals surface area contributed by atoms with Crippen LogP contribution in [0, 0.1) is 0 Å². The van der Waals surface area contributed by atoms with Gasteiger partial charge in [0, 0.05) is 11.8 Å². The Morgan fingerprint density at radius 2 is 1.42 bits per heavy atom. The number of hydrogen-bond acceptors (Lipinski definition) is 2. The summed E-state index contributed by atoms with van der Waals surface area (Å²) in [4.78, 5) is 17.2. The van der Waals surface area contributed by atoms with Crippen LogP contribution in [0.5, 0.6) is 0 Å². The number of allylic oxidation sites excluding steroid dienone is 1. The Morgan fingerprint density at radius 1 is 0.792 bits per heavy atom. The number of benzene rings is 3. The minimum absolute atomic E-state index is 0.00588. The first-order valence-electron chi connectivity index (χ1n) is 7.87. The standard InChI is InChI=1S/C22H15NO/c24-21(13-12-18-9-5-6-14-23-18)22-19-10-3-1-7-16(19)15-17-8-2-4-11-20(17)22/h1-15H. The predicted molar refractivity (Wildman–Crippen MR) is 99.1 cm³/mol. The molecule has 4 aromatic rings. The third kappa shape index (κ3) is 2.59. The molecular formula is C22H15NO. The maximum Gasteiger partial charge on any atom is 0.187 e. The first-order valence-corrected chi connectivity index (χ1v) is 7.87. The second kappa shape index (κ2) is 6.09. The minimum Gasteiger partial charge on any atom is -0.289 e. The summed E-state index contributed by atoms with van der Waals surface area (Å²) < 4.78 is 0. The van der Waals surface area contributed by atoms with Crippen molar-refractivity contribution in [1.82, 2.24) is 4.98 Å². The fourth-order valence-corrected chi connectivity index (χ4v) is 3.00. The number of hydrogen-bond donors (Lipinski definition) is 0. The normalized spacial score (nSPS) is 11.3. The lowest BCUT2D eigenvalue weighted by atomic mass is 9.94. The topological polar surface area (TPSA) is 30.0 Å². The van der Waals surface area contributed by atoms with Crippen molar-refractivity contribution in [2.75, 3.05) is 0 Å². The number of rotatable bonds is 3. The van der Waals surface area contributed by atoms with Gasteiger partial charge in [-0.3, -0.25) is 9.78 Å². The molecule has 0 saturated heterocycles. The zero-order valence-electron chi connectivity index (χ0n) is 13.0. The van der Waals surface area contributed by atoms with Gasteiger partial charge in [0.15, 0.2) is 5.78 Å². The van der Waals surface area contributed by atoms with E-state index in [0.29, 0.717) is 0 Å². The van der Waals surface area contributed by atoms with E-state index < -0.39 is 0 Å². The maximum atomic E-state index is 12.9. The predicted octanol–water partition coefficient (Wildman–Crippen LogP) is 5.28. The third-order valence-electron chi connectivity index (χ3n) is 4.11. The number of carbonyl (C=O) groups excluding carboxylic acids is 1. The number of pyridine rings is 1. The molecule has 114 valence electrons. The van der Waals surface area contributed by atoms with Gasteiger partial charge in [0.05, 0.1) is 5.69 Å². The fourth-order valence-electron chi connectivity index (χ4n) is 3.00. The van der Waals surface area contributed by atoms with Crippen molar-refractivity contribution in [3.63, 3.8) is 0 Å². The van der Waals surface area contributed by atoms with Crippen LogP contribution in [0.1, 0.15) is 16.1 Å². The quantitative estimate of drug-likeness (QED) is 0.292. The van der Waals surface area contributed by atoms with Gasteiger partial charge >= 0.3 is 0 Å². The second-order valence-corrected chi connectivity index (χ2v) is 5.65. The van der Waals surface area contributed by atoms with Crippen molar-refractivity contribution in [3.05, 3.63) is 96.3 Å². The van der Waals surface area contributed by atoms with Crippen LogP contribution in [0.4, 0.5) is 0 Å². The van der Waals surface area contributed by atoms with E-state index in [9.17, 15) is 4.79 Å². The summed E-state index contributed by atoms with van der Waals surface area (Å²) in [5.41, 5.74) is 1.52. The summed E-state index contributed by atoms with van der Waals surface area (Å²) in [6, 6.07) is 23.8. The van der Waals surface area contributed by atoms with E-state index in [1.807, 2.05) is 66.7 Å². The van der Waals surface area contributed by atoms with Crippen LogP contribution in [0.2, 0.25) is 0 Å². The molecule has 0 aliphatic carbocycles. The largest absolute Gasteiger partial charge is 0.289 e. The molecule has 0 atom stereocenters. The molecule has 0 N–H and O–H groups in total. The first kappa shape index (κ1) is 14.3. The molecule has 0 amide bonds. The Balaban J connectivity index is 1.90. The lowest BCUT2D eigenvalue weighted by Crippen LogP contribution is -1.98. The third-order valence-corrected chi connectivity index (χ3v) is 4.11. The number of aromatic nitrogens is 1. The van der Waals surface area contributed by atoms with Gasteiger partial charge in [-0.2, -0.15) is 0 Å². The van der Waals surface area contributed by atoms with E-state index >= 15 is 0 Å². The summed E-state index contributed by atoms with van der Waals surface area (Å²) >= 11 is 0. The van der Waals surface area contributed by atoms with Gasteiger partial charge in [-0.15, -0.1) is 0 Å². The number of nitrogens with zero attached hydrogens (tertiary/aromatic N) is 1. The molecule has 4 rings (SSSR count). The Bertz CT molecular complexity index is 1010. The average Bonchev–Trinajstić information content (AvgIpc) is 2.65. The molecule has 2 nitrogen and oxygen atoms in total. The molecule has 3 aromatic carbocycles. The molecule has 1 aromatic heterocycles. The SMILES string of the molecule is O=C(C=Cc1ccccn1)c1c2ccccc2cc2ccccc12. The maximum absolute atomic E-state index is 12.9. The molecule has 2 heteroatoms. The van der Waals surface area contributed by atoms with Crippen LogP contribution >= 0.6 is 0 Å². The molecule has 0 unspecified atom stereocenters. The second-order valence-electron chi connectivity index (χ2n) is 5.65. The first-order chi connectivity index (χ1) is 11.8. The number of ketones is 1. The lowest BCUT2D eigenvalue weighted by Gasteiger charge is -2.09. The Labute approximate surface area is 140 Å². The van der Waals surface area contributed by atoms with E-state index in [1.54, 1.807) is 18.3 Å². The molecule has 1 heterocycles. The Kier molecular flexibility index (Phi) is 3.64. The van der Waals surface area contributed by atoms with Crippen LogP contribution < -0.4 is 0 Å². The van der Waals surface area contributed by atoms with E-state index in [0.717, 1.165) is 32.8 Å². The molecule has 24 heavy (non-hydrogen) atoms. The highest BCUT2D eigenvalue weighted by molar-refractivity contribution is 6.23. The number of fused-ring (bicyclic) bond motifs is 2. The summed E-state index contributed by atoms with van der Waals surface area (Å²) in [7, 11) is 0. The van der Waals surface area contributed by atoms with Gasteiger partial charge in [-0.25, -0.2) is 0 Å². The highest BCUT2D eigenvalue weighted by Gasteiger charge is 2.12. The van der Waals surface area contributed by atoms with Crippen molar-refractivity contribution in [3.8, 4) is 0 Å². The molecule has 0 aliphatic heterocycles. The zero-order chi connectivity index (χ0) is 16.4. The van der Waals surface area contributed by atoms with Gasteiger partial charge in [0.25, 0.3) is 0 Å². The van der Waals surface area contributed by atoms with Gasteiger partial charge in [0.1, 0.15) is 0 Å². The lowest BCUT2D eigenvalue weighted by molar-refractivity contribution is 0.105. The summed E-state index contributed by atoms with van der Waals surface area (Å²) in [6.07, 6.45) is 5.09. The molecule has 0 spiro atoms. The highest BCUT2D eigenvalue weighted by atomic mass is 16.1. The van der Waals surface area contributed by atoms with E-state index in [-0.39, 0.29) is 5.78 Å². The van der Waals surface area contributed by atoms with E-state index in [2.05, 4.69) is 11.1 Å². The van der Waals surface area contributed by atoms with Crippen molar-refractivity contribution < 1.29 is 4.79 Å². The highest BCUT2D eigenvalue weighted by Crippen LogP contribution is 2.29. The summed E-state index contributed by atoms with van der Waals surface area (Å²) in [5, 5.41) is 4.11. The monoisotopic (exact) mass is 309 g/mol. The summed E-state index contributed by atoms with van der Waals surface area (Å²) in [6.45, 7) is 0. The van der Waals surface area contributed by atoms with Crippen molar-refractivity contribution in [1.29, 1.82) is 0 Å². The van der Waals surface area contributed by atoms with Gasteiger partial charge in [0.2, 0.25) is 0 Å². The van der Waals surface area contributed by atoms with Crippen LogP contribution in [0.25, 0.3) is 27.6 Å². The molecule has 0 radical (unpaired) electrons. The van der Waals surface area contributed by atoms with E-state index in [1.165, 1.54) is 0 Å². The van der Waals surface area contributed by atoms with Crippen LogP contribution in [0.15, 0.2) is 85.1 Å². The van der Waals surface area contributed by atoms with Gasteiger partial charge in [-0.1, -0.05) is 54.6 Å². The molecule has 0 aliphatic rings. The average molecular weight is 309 g/mol. The minimum atomic E-state index is -0.00588. The van der Waals surface area contributed by atoms with Crippen LogP contribution in [-0.4, -0.2) is 10.8 Å². The zero-order valence-corrected chi connectivity index (χ0v) is 13.0. The Morgan fingerprint density at radius 3 is 2.04 bits per heavy atom. The molecule has 0 bridgehead atoms. The Hall–Kier alpha value is -3.26. The smallest absolute Gasteiger partial charge is 0.187 e. The van der Waals surface area contributed by atoms with Crippen molar-refractivity contribution in [2.45, 2.75) is 0 Å². The molecule has 0 fully saturated rings.